The molecule has 0 spiro atoms. The summed E-state index contributed by atoms with van der Waals surface area (Å²) in [6.45, 7) is 4.86. The van der Waals surface area contributed by atoms with Gasteiger partial charge in [-0.05, 0) is 37.0 Å². The Labute approximate surface area is 166 Å². The molecule has 0 fully saturated rings. The zero-order valence-electron chi connectivity index (χ0n) is 15.9. The number of benzene rings is 1. The van der Waals surface area contributed by atoms with Crippen molar-refractivity contribution in [3.63, 3.8) is 0 Å². The number of ketones is 1. The number of amides is 1. The fourth-order valence-electron chi connectivity index (χ4n) is 3.29. The van der Waals surface area contributed by atoms with Crippen molar-refractivity contribution in [3.8, 4) is 10.9 Å². The van der Waals surface area contributed by atoms with Crippen molar-refractivity contribution in [1.82, 2.24) is 9.71 Å². The lowest BCUT2D eigenvalue weighted by Gasteiger charge is -2.13. The molecule has 10 heteroatoms. The SMILES string of the molecule is COc1nc(C)c(S(=O)(=O)NC(=O)COc2ccc(C)c3c2C(=O)CC3C)s1. The lowest BCUT2D eigenvalue weighted by Crippen LogP contribution is -2.34. The van der Waals surface area contributed by atoms with Crippen molar-refractivity contribution in [2.45, 2.75) is 37.3 Å². The highest BCUT2D eigenvalue weighted by Crippen LogP contribution is 2.40. The minimum Gasteiger partial charge on any atom is -0.483 e. The second kappa shape index (κ2) is 7.51. The molecule has 0 bridgehead atoms. The number of hydrogen-bond acceptors (Lipinski definition) is 8. The van der Waals surface area contributed by atoms with Gasteiger partial charge in [0.15, 0.2) is 16.6 Å². The van der Waals surface area contributed by atoms with Gasteiger partial charge in [-0.3, -0.25) is 9.59 Å². The van der Waals surface area contributed by atoms with Crippen LogP contribution in [0.4, 0.5) is 0 Å². The molecule has 1 aliphatic carbocycles. The second-order valence-electron chi connectivity index (χ2n) is 6.57. The largest absolute Gasteiger partial charge is 0.483 e. The van der Waals surface area contributed by atoms with E-state index in [4.69, 9.17) is 9.47 Å². The number of fused-ring (bicyclic) bond motifs is 1. The lowest BCUT2D eigenvalue weighted by atomic mass is 9.97. The highest BCUT2D eigenvalue weighted by atomic mass is 32.2. The maximum absolute atomic E-state index is 12.4. The summed E-state index contributed by atoms with van der Waals surface area (Å²) in [6.07, 6.45) is 0.392. The summed E-state index contributed by atoms with van der Waals surface area (Å²) in [5, 5.41) is 0.185. The Kier molecular flexibility index (Phi) is 5.44. The van der Waals surface area contributed by atoms with Crippen LogP contribution in [-0.2, 0) is 14.8 Å². The smallest absolute Gasteiger partial charge is 0.275 e. The Bertz CT molecular complexity index is 1060. The van der Waals surface area contributed by atoms with Gasteiger partial charge in [-0.15, -0.1) is 0 Å². The molecule has 2 aromatic rings. The first-order valence-corrected chi connectivity index (χ1v) is 10.8. The molecule has 1 amide bonds. The lowest BCUT2D eigenvalue weighted by molar-refractivity contribution is -0.121. The minimum atomic E-state index is -4.09. The summed E-state index contributed by atoms with van der Waals surface area (Å²) in [6, 6.07) is 3.45. The monoisotopic (exact) mass is 424 g/mol. The topological polar surface area (TPSA) is 112 Å². The number of ether oxygens (including phenoxy) is 2. The van der Waals surface area contributed by atoms with Gasteiger partial charge in [-0.2, -0.15) is 0 Å². The highest BCUT2D eigenvalue weighted by Gasteiger charge is 2.31. The molecule has 0 saturated carbocycles. The Morgan fingerprint density at radius 2 is 2.07 bits per heavy atom. The van der Waals surface area contributed by atoms with Gasteiger partial charge < -0.3 is 9.47 Å². The molecule has 28 heavy (non-hydrogen) atoms. The summed E-state index contributed by atoms with van der Waals surface area (Å²) in [5.74, 6) is -0.510. The standard InChI is InChI=1S/C18H20N2O6S2/c1-9-5-6-13(16-12(21)7-10(2)15(9)16)26-8-14(22)20-28(23,24)17-11(3)19-18(25-4)27-17/h5-6,10H,7-8H2,1-4H3,(H,20,22). The third kappa shape index (κ3) is 3.74. The van der Waals surface area contributed by atoms with E-state index < -0.39 is 22.5 Å². The van der Waals surface area contributed by atoms with Crippen molar-refractivity contribution in [1.29, 1.82) is 0 Å². The number of thiazole rings is 1. The van der Waals surface area contributed by atoms with Crippen molar-refractivity contribution in [2.24, 2.45) is 0 Å². The van der Waals surface area contributed by atoms with Crippen LogP contribution in [0.5, 0.6) is 10.9 Å². The predicted octanol–water partition coefficient (Wildman–Crippen LogP) is 2.34. The van der Waals surface area contributed by atoms with E-state index in [1.807, 2.05) is 24.6 Å². The Hall–Kier alpha value is -2.46. The van der Waals surface area contributed by atoms with Crippen LogP contribution in [0.1, 0.15) is 46.4 Å². The molecule has 150 valence electrons. The Morgan fingerprint density at radius 1 is 1.36 bits per heavy atom. The first-order valence-electron chi connectivity index (χ1n) is 8.50. The third-order valence-electron chi connectivity index (χ3n) is 4.45. The van der Waals surface area contributed by atoms with Gasteiger partial charge in [-0.25, -0.2) is 18.1 Å². The molecule has 1 atom stereocenters. The fraction of sp³-hybridized carbons (Fsp3) is 0.389. The number of sulfonamides is 1. The van der Waals surface area contributed by atoms with E-state index in [9.17, 15) is 18.0 Å². The number of methoxy groups -OCH3 is 1. The molecule has 1 aliphatic rings. The first kappa shape index (κ1) is 20.3. The van der Waals surface area contributed by atoms with Gasteiger partial charge in [0.1, 0.15) is 5.75 Å². The molecule has 1 aromatic heterocycles. The average molecular weight is 425 g/mol. The number of carbonyl (C=O) groups excluding carboxylic acids is 2. The van der Waals surface area contributed by atoms with Gasteiger partial charge in [0, 0.05) is 6.42 Å². The second-order valence-corrected chi connectivity index (χ2v) is 9.41. The first-order chi connectivity index (χ1) is 13.1. The molecule has 1 unspecified atom stereocenters. The molecule has 1 aromatic carbocycles. The van der Waals surface area contributed by atoms with Crippen molar-refractivity contribution >= 4 is 33.1 Å². The van der Waals surface area contributed by atoms with Crippen LogP contribution in [0.25, 0.3) is 0 Å². The van der Waals surface area contributed by atoms with Crippen LogP contribution in [0.3, 0.4) is 0 Å². The number of hydrogen-bond donors (Lipinski definition) is 1. The molecule has 1 N–H and O–H groups in total. The number of aromatic nitrogens is 1. The third-order valence-corrected chi connectivity index (χ3v) is 7.55. The summed E-state index contributed by atoms with van der Waals surface area (Å²) in [5.41, 5.74) is 2.62. The summed E-state index contributed by atoms with van der Waals surface area (Å²) >= 11 is 0.820. The molecule has 0 aliphatic heterocycles. The van der Waals surface area contributed by atoms with Crippen LogP contribution >= 0.6 is 11.3 Å². The summed E-state index contributed by atoms with van der Waals surface area (Å²) in [7, 11) is -2.71. The highest BCUT2D eigenvalue weighted by molar-refractivity contribution is 7.92. The normalized spacial score (nSPS) is 16.0. The van der Waals surface area contributed by atoms with Crippen LogP contribution < -0.4 is 14.2 Å². The quantitative estimate of drug-likeness (QED) is 0.757. The Morgan fingerprint density at radius 3 is 2.71 bits per heavy atom. The van der Waals surface area contributed by atoms with E-state index in [-0.39, 0.29) is 32.5 Å². The molecular formula is C18H20N2O6S2. The van der Waals surface area contributed by atoms with Crippen molar-refractivity contribution < 1.29 is 27.5 Å². The van der Waals surface area contributed by atoms with Crippen molar-refractivity contribution in [3.05, 3.63) is 34.5 Å². The number of aryl methyl sites for hydroxylation is 2. The molecular weight excluding hydrogens is 404 g/mol. The summed E-state index contributed by atoms with van der Waals surface area (Å²) < 4.78 is 37.1. The van der Waals surface area contributed by atoms with Crippen LogP contribution in [0, 0.1) is 13.8 Å². The molecule has 3 rings (SSSR count). The van der Waals surface area contributed by atoms with Gasteiger partial charge in [0.25, 0.3) is 21.1 Å². The fourth-order valence-corrected chi connectivity index (χ4v) is 5.57. The van der Waals surface area contributed by atoms with Crippen LogP contribution in [0.15, 0.2) is 16.3 Å². The van der Waals surface area contributed by atoms with Gasteiger partial charge in [0.05, 0.1) is 18.4 Å². The maximum atomic E-state index is 12.4. The van der Waals surface area contributed by atoms with Gasteiger partial charge >= 0.3 is 0 Å². The number of rotatable bonds is 6. The maximum Gasteiger partial charge on any atom is 0.275 e. The summed E-state index contributed by atoms with van der Waals surface area (Å²) in [4.78, 5) is 28.4. The molecule has 0 radical (unpaired) electrons. The number of nitrogens with zero attached hydrogens (tertiary/aromatic N) is 1. The number of nitrogens with one attached hydrogen (secondary N) is 1. The van der Waals surface area contributed by atoms with E-state index in [0.717, 1.165) is 22.5 Å². The predicted molar refractivity (Wildman–Crippen MR) is 103 cm³/mol. The Balaban J connectivity index is 1.73. The van der Waals surface area contributed by atoms with Crippen LogP contribution in [0.2, 0.25) is 0 Å². The van der Waals surface area contributed by atoms with E-state index in [1.54, 1.807) is 6.07 Å². The minimum absolute atomic E-state index is 0.0402. The van der Waals surface area contributed by atoms with E-state index in [1.165, 1.54) is 14.0 Å². The molecule has 8 nitrogen and oxygen atoms in total. The van der Waals surface area contributed by atoms with Crippen molar-refractivity contribution in [2.75, 3.05) is 13.7 Å². The molecule has 0 saturated heterocycles. The zero-order valence-corrected chi connectivity index (χ0v) is 17.5. The van der Waals surface area contributed by atoms with E-state index >= 15 is 0 Å². The van der Waals surface area contributed by atoms with Gasteiger partial charge in [0.2, 0.25) is 0 Å². The zero-order chi connectivity index (χ0) is 20.6. The van der Waals surface area contributed by atoms with E-state index in [0.29, 0.717) is 12.0 Å². The molecule has 1 heterocycles. The average Bonchev–Trinajstić information content (AvgIpc) is 3.15. The van der Waals surface area contributed by atoms with Gasteiger partial charge in [-0.1, -0.05) is 24.3 Å². The number of Topliss-reactive ketones (excluding diaryl/α,β-unsaturated/α-hetero) is 1. The number of carbonyl (C=O) groups is 2. The van der Waals surface area contributed by atoms with E-state index in [2.05, 4.69) is 4.98 Å². The van der Waals surface area contributed by atoms with Crippen LogP contribution in [-0.4, -0.2) is 38.8 Å².